The molecule has 0 spiro atoms. The molecule has 2 heterocycles. The predicted octanol–water partition coefficient (Wildman–Crippen LogP) is 2.10. The van der Waals surface area contributed by atoms with E-state index in [4.69, 9.17) is 14.6 Å². The summed E-state index contributed by atoms with van der Waals surface area (Å²) in [5.74, 6) is 0.387. The van der Waals surface area contributed by atoms with Crippen LogP contribution in [0.1, 0.15) is 50.3 Å². The van der Waals surface area contributed by atoms with Crippen LogP contribution in [0.4, 0.5) is 0 Å². The van der Waals surface area contributed by atoms with Crippen molar-refractivity contribution in [3.8, 4) is 5.88 Å². The van der Waals surface area contributed by atoms with Gasteiger partial charge in [0.1, 0.15) is 12.8 Å². The lowest BCUT2D eigenvalue weighted by molar-refractivity contribution is -0.0247. The Morgan fingerprint density at radius 3 is 2.91 bits per heavy atom. The Labute approximate surface area is 135 Å². The van der Waals surface area contributed by atoms with E-state index in [0.717, 1.165) is 24.8 Å². The number of allylic oxidation sites excluding steroid dienone is 1. The van der Waals surface area contributed by atoms with Crippen LogP contribution >= 0.6 is 0 Å². The van der Waals surface area contributed by atoms with Crippen molar-refractivity contribution >= 4 is 0 Å². The van der Waals surface area contributed by atoms with Crippen LogP contribution in [-0.2, 0) is 4.74 Å². The highest BCUT2D eigenvalue weighted by atomic mass is 16.5. The standard InChI is InChI=1S/C17H24N2O4/c1-12-10-19(15-7-6-14(11-20)23-15)17(21)18-16(12)22-9-8-13-4-2-3-5-13/h8,10,14-15,20H,2-7,9,11H2,1H3. The average Bonchev–Trinajstić information content (AvgIpc) is 3.21. The molecule has 6 heteroatoms. The lowest BCUT2D eigenvalue weighted by Crippen LogP contribution is -2.28. The first-order valence-corrected chi connectivity index (χ1v) is 8.34. The van der Waals surface area contributed by atoms with Crippen LogP contribution in [0, 0.1) is 6.92 Å². The molecule has 2 fully saturated rings. The van der Waals surface area contributed by atoms with Gasteiger partial charge in [-0.25, -0.2) is 4.79 Å². The third-order valence-electron chi connectivity index (χ3n) is 4.53. The van der Waals surface area contributed by atoms with Gasteiger partial charge < -0.3 is 14.6 Å². The van der Waals surface area contributed by atoms with Gasteiger partial charge in [-0.3, -0.25) is 4.57 Å². The summed E-state index contributed by atoms with van der Waals surface area (Å²) >= 11 is 0. The number of nitrogens with zero attached hydrogens (tertiary/aromatic N) is 2. The minimum atomic E-state index is -0.372. The maximum absolute atomic E-state index is 12.2. The number of rotatable bonds is 5. The third kappa shape index (κ3) is 3.82. The summed E-state index contributed by atoms with van der Waals surface area (Å²) in [6.45, 7) is 2.31. The fraction of sp³-hybridized carbons (Fsp3) is 0.647. The average molecular weight is 320 g/mol. The van der Waals surface area contributed by atoms with E-state index < -0.39 is 0 Å². The van der Waals surface area contributed by atoms with Gasteiger partial charge in [0.2, 0.25) is 5.88 Å². The zero-order valence-corrected chi connectivity index (χ0v) is 13.5. The van der Waals surface area contributed by atoms with Crippen LogP contribution in [0.3, 0.4) is 0 Å². The number of aryl methyl sites for hydroxylation is 1. The van der Waals surface area contributed by atoms with Crippen LogP contribution in [0.2, 0.25) is 0 Å². The molecule has 1 saturated carbocycles. The van der Waals surface area contributed by atoms with Crippen LogP contribution < -0.4 is 10.4 Å². The molecule has 2 aliphatic rings. The van der Waals surface area contributed by atoms with E-state index in [9.17, 15) is 4.79 Å². The zero-order valence-electron chi connectivity index (χ0n) is 13.5. The Balaban J connectivity index is 1.67. The number of aromatic nitrogens is 2. The Hall–Kier alpha value is -1.66. The SMILES string of the molecule is Cc1cn(C2CCC(CO)O2)c(=O)nc1OCC=C1CCCC1. The van der Waals surface area contributed by atoms with Gasteiger partial charge in [0.25, 0.3) is 0 Å². The topological polar surface area (TPSA) is 73.6 Å². The zero-order chi connectivity index (χ0) is 16.2. The van der Waals surface area contributed by atoms with Gasteiger partial charge in [0.15, 0.2) is 0 Å². The van der Waals surface area contributed by atoms with Gasteiger partial charge in [-0.15, -0.1) is 0 Å². The van der Waals surface area contributed by atoms with Crippen molar-refractivity contribution in [3.63, 3.8) is 0 Å². The van der Waals surface area contributed by atoms with E-state index in [1.165, 1.54) is 23.0 Å². The highest BCUT2D eigenvalue weighted by Gasteiger charge is 2.27. The van der Waals surface area contributed by atoms with Gasteiger partial charge in [0, 0.05) is 11.8 Å². The van der Waals surface area contributed by atoms with E-state index in [2.05, 4.69) is 11.1 Å². The largest absolute Gasteiger partial charge is 0.473 e. The predicted molar refractivity (Wildman–Crippen MR) is 85.5 cm³/mol. The van der Waals surface area contributed by atoms with Crippen molar-refractivity contribution in [3.05, 3.63) is 33.9 Å². The fourth-order valence-corrected chi connectivity index (χ4v) is 3.20. The summed E-state index contributed by atoms with van der Waals surface area (Å²) in [6.07, 6.45) is 9.58. The molecule has 0 aromatic carbocycles. The number of ether oxygens (including phenoxy) is 2. The molecule has 3 rings (SSSR count). The number of aliphatic hydroxyl groups excluding tert-OH is 1. The quantitative estimate of drug-likeness (QED) is 0.841. The summed E-state index contributed by atoms with van der Waals surface area (Å²) in [5, 5.41) is 9.13. The van der Waals surface area contributed by atoms with Crippen molar-refractivity contribution in [1.29, 1.82) is 0 Å². The second kappa shape index (κ2) is 7.27. The Morgan fingerprint density at radius 1 is 1.43 bits per heavy atom. The maximum Gasteiger partial charge on any atom is 0.352 e. The molecule has 1 aliphatic carbocycles. The molecule has 0 bridgehead atoms. The molecule has 6 nitrogen and oxygen atoms in total. The van der Waals surface area contributed by atoms with Gasteiger partial charge in [-0.05, 0) is 51.5 Å². The lowest BCUT2D eigenvalue weighted by Gasteiger charge is -2.16. The van der Waals surface area contributed by atoms with Crippen LogP contribution in [0.25, 0.3) is 0 Å². The Kier molecular flexibility index (Phi) is 5.13. The fourth-order valence-electron chi connectivity index (χ4n) is 3.20. The molecule has 0 amide bonds. The van der Waals surface area contributed by atoms with E-state index in [1.807, 2.05) is 6.92 Å². The summed E-state index contributed by atoms with van der Waals surface area (Å²) in [6, 6.07) is 0. The van der Waals surface area contributed by atoms with Crippen molar-refractivity contribution in [2.24, 2.45) is 0 Å². The van der Waals surface area contributed by atoms with Gasteiger partial charge in [0.05, 0.1) is 12.7 Å². The first-order valence-electron chi connectivity index (χ1n) is 8.34. The van der Waals surface area contributed by atoms with Crippen molar-refractivity contribution < 1.29 is 14.6 Å². The first-order chi connectivity index (χ1) is 11.2. The normalized spacial score (nSPS) is 24.2. The van der Waals surface area contributed by atoms with E-state index in [-0.39, 0.29) is 24.6 Å². The monoisotopic (exact) mass is 320 g/mol. The summed E-state index contributed by atoms with van der Waals surface area (Å²) in [5.41, 5.74) is 1.87. The van der Waals surface area contributed by atoms with Crippen molar-refractivity contribution in [2.75, 3.05) is 13.2 Å². The van der Waals surface area contributed by atoms with Crippen LogP contribution in [0.15, 0.2) is 22.6 Å². The minimum absolute atomic E-state index is 0.0203. The lowest BCUT2D eigenvalue weighted by atomic mass is 10.2. The Morgan fingerprint density at radius 2 is 2.22 bits per heavy atom. The van der Waals surface area contributed by atoms with Crippen molar-refractivity contribution in [1.82, 2.24) is 9.55 Å². The summed E-state index contributed by atoms with van der Waals surface area (Å²) < 4.78 is 12.8. The van der Waals surface area contributed by atoms with Gasteiger partial charge in [-0.2, -0.15) is 4.98 Å². The molecule has 1 aliphatic heterocycles. The smallest absolute Gasteiger partial charge is 0.352 e. The molecule has 0 radical (unpaired) electrons. The molecule has 2 atom stereocenters. The van der Waals surface area contributed by atoms with Crippen molar-refractivity contribution in [2.45, 2.75) is 57.8 Å². The molecule has 126 valence electrons. The van der Waals surface area contributed by atoms with Crippen LogP contribution in [-0.4, -0.2) is 34.0 Å². The first kappa shape index (κ1) is 16.2. The molecular weight excluding hydrogens is 296 g/mol. The highest BCUT2D eigenvalue weighted by molar-refractivity contribution is 5.21. The third-order valence-corrected chi connectivity index (χ3v) is 4.53. The van der Waals surface area contributed by atoms with E-state index in [0.29, 0.717) is 18.9 Å². The highest BCUT2D eigenvalue weighted by Crippen LogP contribution is 2.27. The second-order valence-electron chi connectivity index (χ2n) is 6.27. The molecular formula is C17H24N2O4. The summed E-state index contributed by atoms with van der Waals surface area (Å²) in [4.78, 5) is 16.3. The van der Waals surface area contributed by atoms with Crippen LogP contribution in [0.5, 0.6) is 5.88 Å². The van der Waals surface area contributed by atoms with Gasteiger partial charge in [-0.1, -0.05) is 5.57 Å². The minimum Gasteiger partial charge on any atom is -0.473 e. The number of hydrogen-bond acceptors (Lipinski definition) is 5. The maximum atomic E-state index is 12.2. The molecule has 1 saturated heterocycles. The molecule has 1 aromatic heterocycles. The van der Waals surface area contributed by atoms with E-state index >= 15 is 0 Å². The number of hydrogen-bond donors (Lipinski definition) is 1. The van der Waals surface area contributed by atoms with Gasteiger partial charge >= 0.3 is 5.69 Å². The van der Waals surface area contributed by atoms with E-state index in [1.54, 1.807) is 6.20 Å². The second-order valence-corrected chi connectivity index (χ2v) is 6.27. The Bertz CT molecular complexity index is 630. The number of aliphatic hydroxyl groups is 1. The molecule has 23 heavy (non-hydrogen) atoms. The summed E-state index contributed by atoms with van der Waals surface area (Å²) in [7, 11) is 0. The molecule has 2 unspecified atom stereocenters. The molecule has 1 aromatic rings. The molecule has 1 N–H and O–H groups in total.